The van der Waals surface area contributed by atoms with Gasteiger partial charge in [0.15, 0.2) is 5.82 Å². The van der Waals surface area contributed by atoms with Crippen molar-refractivity contribution in [1.29, 1.82) is 0 Å². The van der Waals surface area contributed by atoms with Crippen LogP contribution < -0.4 is 10.2 Å². The van der Waals surface area contributed by atoms with Crippen LogP contribution in [0.15, 0.2) is 55.0 Å². The van der Waals surface area contributed by atoms with Gasteiger partial charge >= 0.3 is 0 Å². The van der Waals surface area contributed by atoms with Crippen molar-refractivity contribution in [1.82, 2.24) is 24.8 Å². The van der Waals surface area contributed by atoms with Gasteiger partial charge < -0.3 is 15.1 Å². The molecule has 1 amide bonds. The van der Waals surface area contributed by atoms with E-state index in [-0.39, 0.29) is 28.6 Å². The number of halogens is 2. The highest BCUT2D eigenvalue weighted by Crippen LogP contribution is 2.27. The molecule has 0 aliphatic carbocycles. The lowest BCUT2D eigenvalue weighted by Crippen LogP contribution is -2.48. The average Bonchev–Trinajstić information content (AvgIpc) is 2.86. The third kappa shape index (κ3) is 4.34. The SMILES string of the molecule is CC(=O)N1CCN(c2ccc(Nc3ncc(F)c(-c4cc(F)c5ncccc5c4)n3)nc2)CC1. The lowest BCUT2D eigenvalue weighted by molar-refractivity contribution is -0.129. The molecular weight excluding hydrogens is 440 g/mol. The number of nitrogens with zero attached hydrogens (tertiary/aromatic N) is 6. The molecule has 1 aliphatic rings. The Labute approximate surface area is 194 Å². The summed E-state index contributed by atoms with van der Waals surface area (Å²) in [6.45, 7) is 4.39. The first-order valence-corrected chi connectivity index (χ1v) is 10.8. The summed E-state index contributed by atoms with van der Waals surface area (Å²) < 4.78 is 29.0. The molecule has 5 rings (SSSR count). The summed E-state index contributed by atoms with van der Waals surface area (Å²) in [5.74, 6) is -0.515. The first-order chi connectivity index (χ1) is 16.5. The zero-order valence-corrected chi connectivity index (χ0v) is 18.4. The van der Waals surface area contributed by atoms with Gasteiger partial charge in [-0.25, -0.2) is 23.7 Å². The fourth-order valence-corrected chi connectivity index (χ4v) is 3.96. The molecular formula is C24H21F2N7O. The van der Waals surface area contributed by atoms with E-state index in [0.29, 0.717) is 24.3 Å². The molecule has 0 unspecified atom stereocenters. The van der Waals surface area contributed by atoms with Gasteiger partial charge in [0.25, 0.3) is 0 Å². The van der Waals surface area contributed by atoms with E-state index >= 15 is 0 Å². The normalized spacial score (nSPS) is 13.9. The molecule has 172 valence electrons. The van der Waals surface area contributed by atoms with Crippen LogP contribution in [0.25, 0.3) is 22.2 Å². The van der Waals surface area contributed by atoms with Gasteiger partial charge in [-0.1, -0.05) is 6.07 Å². The van der Waals surface area contributed by atoms with Crippen LogP contribution >= 0.6 is 0 Å². The fourth-order valence-electron chi connectivity index (χ4n) is 3.96. The molecule has 1 N–H and O–H groups in total. The summed E-state index contributed by atoms with van der Waals surface area (Å²) in [6, 6.07) is 9.93. The summed E-state index contributed by atoms with van der Waals surface area (Å²) in [4.78, 5) is 32.1. The van der Waals surface area contributed by atoms with Crippen LogP contribution in [0.3, 0.4) is 0 Å². The van der Waals surface area contributed by atoms with Crippen LogP contribution in [0.5, 0.6) is 0 Å². The first kappa shape index (κ1) is 21.6. The van der Waals surface area contributed by atoms with Crippen LogP contribution in [-0.4, -0.2) is 56.9 Å². The second kappa shape index (κ2) is 8.97. The first-order valence-electron chi connectivity index (χ1n) is 10.8. The Balaban J connectivity index is 1.34. The van der Waals surface area contributed by atoms with E-state index in [1.165, 1.54) is 12.3 Å². The zero-order valence-electron chi connectivity index (χ0n) is 18.4. The van der Waals surface area contributed by atoms with Gasteiger partial charge in [0, 0.05) is 50.2 Å². The molecule has 0 radical (unpaired) electrons. The number of fused-ring (bicyclic) bond motifs is 1. The minimum absolute atomic E-state index is 0.0258. The molecule has 8 nitrogen and oxygen atoms in total. The highest BCUT2D eigenvalue weighted by Gasteiger charge is 2.19. The third-order valence-corrected chi connectivity index (χ3v) is 5.75. The number of aromatic nitrogens is 4. The highest BCUT2D eigenvalue weighted by molar-refractivity contribution is 5.84. The molecule has 34 heavy (non-hydrogen) atoms. The van der Waals surface area contributed by atoms with Crippen LogP contribution in [0.1, 0.15) is 6.92 Å². The van der Waals surface area contributed by atoms with Gasteiger partial charge in [0.1, 0.15) is 22.8 Å². The third-order valence-electron chi connectivity index (χ3n) is 5.75. The van der Waals surface area contributed by atoms with Gasteiger partial charge in [-0.2, -0.15) is 0 Å². The topological polar surface area (TPSA) is 87.1 Å². The van der Waals surface area contributed by atoms with Gasteiger partial charge in [0.2, 0.25) is 11.9 Å². The van der Waals surface area contributed by atoms with Crippen molar-refractivity contribution in [3.8, 4) is 11.3 Å². The molecule has 1 fully saturated rings. The quantitative estimate of drug-likeness (QED) is 0.495. The average molecular weight is 461 g/mol. The van der Waals surface area contributed by atoms with Crippen molar-refractivity contribution in [2.45, 2.75) is 6.92 Å². The lowest BCUT2D eigenvalue weighted by atomic mass is 10.1. The molecule has 0 spiro atoms. The standard InChI is InChI=1S/C24H21F2N7O/c1-15(34)32-7-9-33(10-8-32)18-4-5-21(28-13-18)30-24-29-14-20(26)23(31-24)17-11-16-3-2-6-27-22(16)19(25)12-17/h2-6,11-14H,7-10H2,1H3,(H,28,29,30,31). The van der Waals surface area contributed by atoms with Crippen molar-refractivity contribution in [3.63, 3.8) is 0 Å². The predicted molar refractivity (Wildman–Crippen MR) is 125 cm³/mol. The zero-order chi connectivity index (χ0) is 23.7. The van der Waals surface area contributed by atoms with Crippen LogP contribution in [0.2, 0.25) is 0 Å². The Bertz CT molecular complexity index is 1360. The van der Waals surface area contributed by atoms with E-state index in [2.05, 4.69) is 30.2 Å². The van der Waals surface area contributed by atoms with Crippen molar-refractivity contribution in [3.05, 3.63) is 66.6 Å². The number of piperazine rings is 1. The molecule has 4 heterocycles. The monoisotopic (exact) mass is 461 g/mol. The molecule has 0 saturated carbocycles. The Morgan fingerprint density at radius 2 is 1.79 bits per heavy atom. The Morgan fingerprint density at radius 1 is 0.971 bits per heavy atom. The molecule has 0 atom stereocenters. The van der Waals surface area contributed by atoms with E-state index in [1.807, 2.05) is 11.0 Å². The van der Waals surface area contributed by atoms with E-state index < -0.39 is 11.6 Å². The summed E-state index contributed by atoms with van der Waals surface area (Å²) in [6.07, 6.45) is 4.27. The van der Waals surface area contributed by atoms with Crippen LogP contribution in [-0.2, 0) is 4.79 Å². The van der Waals surface area contributed by atoms with E-state index in [4.69, 9.17) is 0 Å². The van der Waals surface area contributed by atoms with Crippen molar-refractivity contribution in [2.75, 3.05) is 36.4 Å². The number of rotatable bonds is 4. The maximum atomic E-state index is 14.5. The van der Waals surface area contributed by atoms with Crippen LogP contribution in [0, 0.1) is 11.6 Å². The number of carbonyl (C=O) groups excluding carboxylic acids is 1. The van der Waals surface area contributed by atoms with Gasteiger partial charge in [-0.3, -0.25) is 9.78 Å². The number of nitrogens with one attached hydrogen (secondary N) is 1. The summed E-state index contributed by atoms with van der Waals surface area (Å²) in [5.41, 5.74) is 1.41. The molecule has 1 saturated heterocycles. The number of benzene rings is 1. The van der Waals surface area contributed by atoms with E-state index in [1.54, 1.807) is 37.4 Å². The minimum Gasteiger partial charge on any atom is -0.367 e. The summed E-state index contributed by atoms with van der Waals surface area (Å²) in [5, 5.41) is 3.52. The Kier molecular flexibility index (Phi) is 5.70. The molecule has 4 aromatic rings. The van der Waals surface area contributed by atoms with Gasteiger partial charge in [-0.05, 0) is 30.3 Å². The largest absolute Gasteiger partial charge is 0.367 e. The lowest BCUT2D eigenvalue weighted by Gasteiger charge is -2.35. The van der Waals surface area contributed by atoms with Crippen molar-refractivity contribution < 1.29 is 13.6 Å². The molecule has 3 aromatic heterocycles. The predicted octanol–water partition coefficient (Wildman–Crippen LogP) is 3.78. The number of pyridine rings is 2. The van der Waals surface area contributed by atoms with Crippen molar-refractivity contribution in [2.24, 2.45) is 0 Å². The second-order valence-corrected chi connectivity index (χ2v) is 7.94. The summed E-state index contributed by atoms with van der Waals surface area (Å²) >= 11 is 0. The number of hydrogen-bond donors (Lipinski definition) is 1. The maximum absolute atomic E-state index is 14.5. The molecule has 1 aliphatic heterocycles. The number of amides is 1. The Hall–Kier alpha value is -4.21. The second-order valence-electron chi connectivity index (χ2n) is 7.94. The minimum atomic E-state index is -0.666. The van der Waals surface area contributed by atoms with Crippen molar-refractivity contribution >= 4 is 34.3 Å². The maximum Gasteiger partial charge on any atom is 0.229 e. The summed E-state index contributed by atoms with van der Waals surface area (Å²) in [7, 11) is 0. The fraction of sp³-hybridized carbons (Fsp3) is 0.208. The highest BCUT2D eigenvalue weighted by atomic mass is 19.1. The Morgan fingerprint density at radius 3 is 2.53 bits per heavy atom. The van der Waals surface area contributed by atoms with Gasteiger partial charge in [-0.15, -0.1) is 0 Å². The molecule has 1 aromatic carbocycles. The van der Waals surface area contributed by atoms with E-state index in [0.717, 1.165) is 25.0 Å². The molecule has 10 heteroatoms. The number of carbonyl (C=O) groups is 1. The number of hydrogen-bond acceptors (Lipinski definition) is 7. The van der Waals surface area contributed by atoms with Crippen LogP contribution in [0.4, 0.5) is 26.2 Å². The smallest absolute Gasteiger partial charge is 0.229 e. The van der Waals surface area contributed by atoms with E-state index in [9.17, 15) is 13.6 Å². The molecule has 0 bridgehead atoms. The van der Waals surface area contributed by atoms with Gasteiger partial charge in [0.05, 0.1) is 18.1 Å². The number of anilines is 3.